The molecule has 0 saturated heterocycles. The molecule has 0 aliphatic carbocycles. The van der Waals surface area contributed by atoms with Crippen LogP contribution in [-0.4, -0.2) is 11.7 Å². The zero-order valence-corrected chi connectivity index (χ0v) is 14.5. The van der Waals surface area contributed by atoms with Gasteiger partial charge in [0.1, 0.15) is 0 Å². The molecular formula is C17H15BrN2OS. The summed E-state index contributed by atoms with van der Waals surface area (Å²) >= 11 is 4.93. The predicted molar refractivity (Wildman–Crippen MR) is 94.8 cm³/mol. The van der Waals surface area contributed by atoms with Crippen molar-refractivity contribution < 1.29 is 4.79 Å². The molecule has 0 spiro atoms. The Morgan fingerprint density at radius 3 is 2.82 bits per heavy atom. The van der Waals surface area contributed by atoms with Crippen molar-refractivity contribution in [2.24, 2.45) is 0 Å². The predicted octanol–water partition coefficient (Wildman–Crippen LogP) is 4.50. The van der Waals surface area contributed by atoms with Gasteiger partial charge in [-0.1, -0.05) is 34.1 Å². The smallest absolute Gasteiger partial charge is 0.234 e. The van der Waals surface area contributed by atoms with E-state index >= 15 is 0 Å². The van der Waals surface area contributed by atoms with Crippen LogP contribution in [-0.2, 0) is 10.5 Å². The van der Waals surface area contributed by atoms with E-state index in [4.69, 9.17) is 5.26 Å². The van der Waals surface area contributed by atoms with Crippen LogP contribution in [0.15, 0.2) is 46.9 Å². The topological polar surface area (TPSA) is 52.9 Å². The minimum absolute atomic E-state index is 0.0406. The number of nitrogens with zero attached hydrogens (tertiary/aromatic N) is 1. The van der Waals surface area contributed by atoms with E-state index < -0.39 is 0 Å². The maximum absolute atomic E-state index is 11.9. The van der Waals surface area contributed by atoms with Crippen LogP contribution in [0.4, 0.5) is 5.69 Å². The molecule has 0 bridgehead atoms. The summed E-state index contributed by atoms with van der Waals surface area (Å²) in [5, 5.41) is 11.9. The number of carbonyl (C=O) groups is 1. The third-order valence-corrected chi connectivity index (χ3v) is 4.94. The summed E-state index contributed by atoms with van der Waals surface area (Å²) in [6.07, 6.45) is 0. The van der Waals surface area contributed by atoms with Gasteiger partial charge in [-0.05, 0) is 42.3 Å². The lowest BCUT2D eigenvalue weighted by atomic mass is 10.1. The highest BCUT2D eigenvalue weighted by Crippen LogP contribution is 2.21. The van der Waals surface area contributed by atoms with Gasteiger partial charge in [0.15, 0.2) is 0 Å². The second-order valence-corrected chi connectivity index (χ2v) is 6.61. The molecule has 0 fully saturated rings. The minimum atomic E-state index is -0.0406. The van der Waals surface area contributed by atoms with Gasteiger partial charge in [-0.15, -0.1) is 11.8 Å². The number of hydrogen-bond donors (Lipinski definition) is 1. The number of amides is 1. The van der Waals surface area contributed by atoms with E-state index in [2.05, 4.69) is 27.3 Å². The third kappa shape index (κ3) is 4.62. The van der Waals surface area contributed by atoms with Crippen LogP contribution in [0.5, 0.6) is 0 Å². The first-order valence-electron chi connectivity index (χ1n) is 6.72. The number of thioether (sulfide) groups is 1. The summed E-state index contributed by atoms with van der Waals surface area (Å²) in [5.41, 5.74) is 3.50. The normalized spacial score (nSPS) is 10.0. The van der Waals surface area contributed by atoms with E-state index in [1.54, 1.807) is 6.07 Å². The number of halogens is 1. The average molecular weight is 375 g/mol. The number of rotatable bonds is 5. The number of nitriles is 1. The second-order valence-electron chi connectivity index (χ2n) is 4.77. The van der Waals surface area contributed by atoms with Crippen LogP contribution in [0.1, 0.15) is 16.7 Å². The summed E-state index contributed by atoms with van der Waals surface area (Å²) in [6, 6.07) is 15.3. The summed E-state index contributed by atoms with van der Waals surface area (Å²) in [6.45, 7) is 1.98. The van der Waals surface area contributed by atoms with Crippen molar-refractivity contribution in [2.45, 2.75) is 12.7 Å². The molecule has 0 aliphatic rings. The zero-order valence-electron chi connectivity index (χ0n) is 12.1. The fourth-order valence-corrected chi connectivity index (χ4v) is 3.01. The lowest BCUT2D eigenvalue weighted by molar-refractivity contribution is -0.113. The molecule has 2 aromatic carbocycles. The molecule has 2 rings (SSSR count). The number of aryl methyl sites for hydroxylation is 1. The Kier molecular flexibility index (Phi) is 6.05. The van der Waals surface area contributed by atoms with Gasteiger partial charge in [-0.25, -0.2) is 0 Å². The van der Waals surface area contributed by atoms with Gasteiger partial charge in [-0.3, -0.25) is 4.79 Å². The molecule has 0 unspecified atom stereocenters. The summed E-state index contributed by atoms with van der Waals surface area (Å²) < 4.78 is 1.02. The van der Waals surface area contributed by atoms with Crippen LogP contribution in [0, 0.1) is 18.3 Å². The summed E-state index contributed by atoms with van der Waals surface area (Å²) in [5.74, 6) is 0.965. The van der Waals surface area contributed by atoms with Crippen LogP contribution < -0.4 is 5.32 Å². The fourth-order valence-electron chi connectivity index (χ4n) is 1.93. The quantitative estimate of drug-likeness (QED) is 0.837. The van der Waals surface area contributed by atoms with Crippen molar-refractivity contribution in [3.05, 3.63) is 63.6 Å². The van der Waals surface area contributed by atoms with Gasteiger partial charge in [0.2, 0.25) is 5.91 Å². The van der Waals surface area contributed by atoms with Crippen molar-refractivity contribution in [1.29, 1.82) is 5.26 Å². The van der Waals surface area contributed by atoms with E-state index in [0.29, 0.717) is 17.1 Å². The molecule has 2 aromatic rings. The minimum Gasteiger partial charge on any atom is -0.325 e. The molecule has 1 amide bonds. The van der Waals surface area contributed by atoms with Gasteiger partial charge in [-0.2, -0.15) is 5.26 Å². The standard InChI is InChI=1S/C17H15BrN2OS/c1-12-8-15(6-7-16(12)18)20-17(21)11-22-10-14-5-3-2-4-13(14)9-19/h2-8H,10-11H2,1H3,(H,20,21). The number of benzene rings is 2. The molecule has 5 heteroatoms. The van der Waals surface area contributed by atoms with Crippen molar-refractivity contribution in [3.8, 4) is 6.07 Å². The molecule has 0 saturated carbocycles. The van der Waals surface area contributed by atoms with Crippen molar-refractivity contribution in [2.75, 3.05) is 11.1 Å². The maximum Gasteiger partial charge on any atom is 0.234 e. The van der Waals surface area contributed by atoms with Gasteiger partial charge in [0.25, 0.3) is 0 Å². The first-order valence-corrected chi connectivity index (χ1v) is 8.66. The highest BCUT2D eigenvalue weighted by molar-refractivity contribution is 9.10. The molecule has 22 heavy (non-hydrogen) atoms. The fraction of sp³-hybridized carbons (Fsp3) is 0.176. The first kappa shape index (κ1) is 16.6. The Morgan fingerprint density at radius 2 is 2.09 bits per heavy atom. The molecule has 0 aliphatic heterocycles. The zero-order chi connectivity index (χ0) is 15.9. The van der Waals surface area contributed by atoms with Crippen molar-refractivity contribution in [1.82, 2.24) is 0 Å². The second kappa shape index (κ2) is 8.02. The monoisotopic (exact) mass is 374 g/mol. The number of hydrogen-bond acceptors (Lipinski definition) is 3. The van der Waals surface area contributed by atoms with Crippen LogP contribution in [0.25, 0.3) is 0 Å². The summed E-state index contributed by atoms with van der Waals surface area (Å²) in [4.78, 5) is 11.9. The lowest BCUT2D eigenvalue weighted by Gasteiger charge is -2.07. The molecule has 0 atom stereocenters. The number of carbonyl (C=O) groups excluding carboxylic acids is 1. The SMILES string of the molecule is Cc1cc(NC(=O)CSCc2ccccc2C#N)ccc1Br. The van der Waals surface area contributed by atoms with E-state index in [9.17, 15) is 4.79 Å². The Labute approximate surface area is 142 Å². The molecule has 0 radical (unpaired) electrons. The molecule has 0 aromatic heterocycles. The van der Waals surface area contributed by atoms with E-state index in [0.717, 1.165) is 21.3 Å². The number of nitrogens with one attached hydrogen (secondary N) is 1. The highest BCUT2D eigenvalue weighted by atomic mass is 79.9. The van der Waals surface area contributed by atoms with Crippen LogP contribution in [0.2, 0.25) is 0 Å². The maximum atomic E-state index is 11.9. The lowest BCUT2D eigenvalue weighted by Crippen LogP contribution is -2.14. The molecule has 112 valence electrons. The van der Waals surface area contributed by atoms with Gasteiger partial charge >= 0.3 is 0 Å². The average Bonchev–Trinajstić information content (AvgIpc) is 2.51. The van der Waals surface area contributed by atoms with Crippen LogP contribution >= 0.6 is 27.7 Å². The van der Waals surface area contributed by atoms with Crippen molar-refractivity contribution >= 4 is 39.3 Å². The number of anilines is 1. The molecular weight excluding hydrogens is 360 g/mol. The largest absolute Gasteiger partial charge is 0.325 e. The summed E-state index contributed by atoms with van der Waals surface area (Å²) in [7, 11) is 0. The Balaban J connectivity index is 1.85. The highest BCUT2D eigenvalue weighted by Gasteiger charge is 2.06. The van der Waals surface area contributed by atoms with E-state index in [1.165, 1.54) is 11.8 Å². The Bertz CT molecular complexity index is 725. The molecule has 0 heterocycles. The third-order valence-electron chi connectivity index (χ3n) is 3.07. The molecule has 1 N–H and O–H groups in total. The van der Waals surface area contributed by atoms with Crippen LogP contribution in [0.3, 0.4) is 0 Å². The van der Waals surface area contributed by atoms with Gasteiger partial charge < -0.3 is 5.32 Å². The Hall–Kier alpha value is -1.77. The molecule has 3 nitrogen and oxygen atoms in total. The van der Waals surface area contributed by atoms with Gasteiger partial charge in [0, 0.05) is 15.9 Å². The van der Waals surface area contributed by atoms with Gasteiger partial charge in [0.05, 0.1) is 17.4 Å². The Morgan fingerprint density at radius 1 is 1.32 bits per heavy atom. The van der Waals surface area contributed by atoms with E-state index in [-0.39, 0.29) is 5.91 Å². The van der Waals surface area contributed by atoms with Crippen molar-refractivity contribution in [3.63, 3.8) is 0 Å². The first-order chi connectivity index (χ1) is 10.6. The van der Waals surface area contributed by atoms with E-state index in [1.807, 2.05) is 43.3 Å².